The second kappa shape index (κ2) is 6.35. The zero-order chi connectivity index (χ0) is 14.0. The van der Waals surface area contributed by atoms with E-state index in [0.717, 1.165) is 16.9 Å². The van der Waals surface area contributed by atoms with Gasteiger partial charge in [-0.3, -0.25) is 0 Å². The van der Waals surface area contributed by atoms with E-state index in [4.69, 9.17) is 11.6 Å². The van der Waals surface area contributed by atoms with E-state index >= 15 is 0 Å². The molecule has 1 heterocycles. The Hall–Kier alpha value is -0.420. The number of nitrogens with one attached hydrogen (secondary N) is 1. The number of hydrogen-bond donors (Lipinski definition) is 1. The van der Waals surface area contributed by atoms with Gasteiger partial charge in [0.1, 0.15) is 5.82 Å². The van der Waals surface area contributed by atoms with Gasteiger partial charge in [-0.25, -0.2) is 4.39 Å². The molecule has 19 heavy (non-hydrogen) atoms. The lowest BCUT2D eigenvalue weighted by atomic mass is 10.1. The molecule has 2 aromatic rings. The van der Waals surface area contributed by atoms with Crippen molar-refractivity contribution in [2.45, 2.75) is 19.4 Å². The molecule has 0 radical (unpaired) electrons. The largest absolute Gasteiger partial charge is 0.312 e. The van der Waals surface area contributed by atoms with Gasteiger partial charge in [-0.2, -0.15) is 0 Å². The predicted octanol–water partition coefficient (Wildman–Crippen LogP) is 5.64. The molecule has 0 bridgehead atoms. The molecule has 0 saturated heterocycles. The van der Waals surface area contributed by atoms with Crippen LogP contribution in [0, 0.1) is 5.82 Å². The van der Waals surface area contributed by atoms with Crippen LogP contribution >= 0.6 is 38.9 Å². The van der Waals surface area contributed by atoms with E-state index < -0.39 is 0 Å². The molecule has 1 unspecified atom stereocenters. The van der Waals surface area contributed by atoms with E-state index in [1.54, 1.807) is 11.3 Å². The summed E-state index contributed by atoms with van der Waals surface area (Å²) >= 11 is 11.2. The molecule has 0 amide bonds. The van der Waals surface area contributed by atoms with Crippen molar-refractivity contribution in [3.05, 3.63) is 44.5 Å². The zero-order valence-corrected chi connectivity index (χ0v) is 13.8. The first-order chi connectivity index (χ1) is 9.06. The number of benzene rings is 1. The van der Waals surface area contributed by atoms with Crippen LogP contribution in [0.25, 0.3) is 10.4 Å². The van der Waals surface area contributed by atoms with Gasteiger partial charge in [-0.05, 0) is 53.7 Å². The van der Waals surface area contributed by atoms with Crippen molar-refractivity contribution in [3.8, 4) is 10.4 Å². The Morgan fingerprint density at radius 3 is 2.74 bits per heavy atom. The summed E-state index contributed by atoms with van der Waals surface area (Å²) in [6.45, 7) is 2.14. The Morgan fingerprint density at radius 1 is 1.42 bits per heavy atom. The summed E-state index contributed by atoms with van der Waals surface area (Å²) in [7, 11) is 1.95. The van der Waals surface area contributed by atoms with Gasteiger partial charge in [0.25, 0.3) is 0 Å². The Kier molecular flexibility index (Phi) is 5.01. The van der Waals surface area contributed by atoms with Gasteiger partial charge in [0.2, 0.25) is 0 Å². The summed E-state index contributed by atoms with van der Waals surface area (Å²) in [5, 5.41) is 3.71. The highest BCUT2D eigenvalue weighted by Crippen LogP contribution is 2.40. The van der Waals surface area contributed by atoms with Crippen LogP contribution in [0.1, 0.15) is 24.3 Å². The first-order valence-corrected chi connectivity index (χ1v) is 7.97. The molecule has 1 aromatic carbocycles. The van der Waals surface area contributed by atoms with E-state index in [1.165, 1.54) is 17.0 Å². The van der Waals surface area contributed by atoms with Crippen LogP contribution in [0.15, 0.2) is 28.7 Å². The molecule has 1 N–H and O–H groups in total. The highest BCUT2D eigenvalue weighted by molar-refractivity contribution is 9.10. The second-order valence-electron chi connectivity index (χ2n) is 4.20. The molecule has 102 valence electrons. The Bertz CT molecular complexity index is 558. The minimum Gasteiger partial charge on any atom is -0.312 e. The minimum atomic E-state index is -0.334. The quantitative estimate of drug-likeness (QED) is 0.742. The smallest absolute Gasteiger partial charge is 0.125 e. The molecule has 1 aromatic heterocycles. The molecule has 0 aliphatic rings. The number of hydrogen-bond acceptors (Lipinski definition) is 2. The van der Waals surface area contributed by atoms with E-state index in [-0.39, 0.29) is 5.82 Å². The lowest BCUT2D eigenvalue weighted by Crippen LogP contribution is -2.13. The lowest BCUT2D eigenvalue weighted by Gasteiger charge is -2.11. The maximum Gasteiger partial charge on any atom is 0.125 e. The molecule has 2 rings (SSSR count). The normalized spacial score (nSPS) is 12.7. The summed E-state index contributed by atoms with van der Waals surface area (Å²) in [5.41, 5.74) is 0.852. The van der Waals surface area contributed by atoms with Gasteiger partial charge in [0, 0.05) is 25.8 Å². The SMILES string of the molecule is CCC(NC)c1ccc(-c2c(Cl)cc(F)cc2Br)s1. The molecule has 0 fully saturated rings. The van der Waals surface area contributed by atoms with Crippen LogP contribution in [0.5, 0.6) is 0 Å². The molecular formula is C14H14BrClFNS. The predicted molar refractivity (Wildman–Crippen MR) is 84.5 cm³/mol. The number of halogens is 3. The first kappa shape index (κ1) is 15.0. The topological polar surface area (TPSA) is 12.0 Å². The number of thiophene rings is 1. The highest BCUT2D eigenvalue weighted by atomic mass is 79.9. The van der Waals surface area contributed by atoms with Crippen LogP contribution in [-0.4, -0.2) is 7.05 Å². The molecule has 0 aliphatic heterocycles. The number of rotatable bonds is 4. The molecule has 5 heteroatoms. The Labute approximate surface area is 129 Å². The Balaban J connectivity index is 2.43. The van der Waals surface area contributed by atoms with Crippen molar-refractivity contribution in [2.24, 2.45) is 0 Å². The van der Waals surface area contributed by atoms with Gasteiger partial charge >= 0.3 is 0 Å². The van der Waals surface area contributed by atoms with Crippen molar-refractivity contribution in [2.75, 3.05) is 7.05 Å². The van der Waals surface area contributed by atoms with E-state index in [2.05, 4.69) is 34.2 Å². The van der Waals surface area contributed by atoms with Crippen LogP contribution in [0.3, 0.4) is 0 Å². The maximum atomic E-state index is 13.2. The van der Waals surface area contributed by atoms with Crippen molar-refractivity contribution >= 4 is 38.9 Å². The molecule has 0 spiro atoms. The monoisotopic (exact) mass is 361 g/mol. The van der Waals surface area contributed by atoms with Gasteiger partial charge in [-0.15, -0.1) is 11.3 Å². The third-order valence-corrected chi connectivity index (χ3v) is 5.12. The lowest BCUT2D eigenvalue weighted by molar-refractivity contribution is 0.586. The third-order valence-electron chi connectivity index (χ3n) is 2.98. The molecule has 0 aliphatic carbocycles. The highest BCUT2D eigenvalue weighted by Gasteiger charge is 2.15. The fourth-order valence-electron chi connectivity index (χ4n) is 2.00. The Morgan fingerprint density at radius 2 is 2.16 bits per heavy atom. The van der Waals surface area contributed by atoms with Gasteiger partial charge in [0.05, 0.1) is 5.02 Å². The first-order valence-electron chi connectivity index (χ1n) is 5.98. The summed E-state index contributed by atoms with van der Waals surface area (Å²) in [4.78, 5) is 2.30. The third kappa shape index (κ3) is 3.19. The van der Waals surface area contributed by atoms with Crippen LogP contribution in [0.4, 0.5) is 4.39 Å². The van der Waals surface area contributed by atoms with Crippen molar-refractivity contribution in [3.63, 3.8) is 0 Å². The molecule has 1 nitrogen and oxygen atoms in total. The van der Waals surface area contributed by atoms with E-state index in [0.29, 0.717) is 15.5 Å². The average molecular weight is 363 g/mol. The fourth-order valence-corrected chi connectivity index (χ4v) is 4.53. The average Bonchev–Trinajstić information content (AvgIpc) is 2.78. The van der Waals surface area contributed by atoms with E-state index in [9.17, 15) is 4.39 Å². The van der Waals surface area contributed by atoms with Crippen LogP contribution in [0.2, 0.25) is 5.02 Å². The summed E-state index contributed by atoms with van der Waals surface area (Å²) in [6.07, 6.45) is 1.02. The fraction of sp³-hybridized carbons (Fsp3) is 0.286. The summed E-state index contributed by atoms with van der Waals surface area (Å²) < 4.78 is 13.9. The molecular weight excluding hydrogens is 349 g/mol. The minimum absolute atomic E-state index is 0.334. The second-order valence-corrected chi connectivity index (χ2v) is 6.57. The van der Waals surface area contributed by atoms with E-state index in [1.807, 2.05) is 13.1 Å². The van der Waals surface area contributed by atoms with Crippen LogP contribution in [-0.2, 0) is 0 Å². The zero-order valence-electron chi connectivity index (χ0n) is 10.6. The van der Waals surface area contributed by atoms with Gasteiger partial charge in [0.15, 0.2) is 0 Å². The van der Waals surface area contributed by atoms with Crippen molar-refractivity contribution in [1.29, 1.82) is 0 Å². The standard InChI is InChI=1S/C14H14BrClFNS/c1-3-11(18-2)12-4-5-13(19-12)14-9(15)6-8(17)7-10(14)16/h4-7,11,18H,3H2,1-2H3. The summed E-state index contributed by atoms with van der Waals surface area (Å²) in [5.74, 6) is -0.334. The van der Waals surface area contributed by atoms with Crippen molar-refractivity contribution in [1.82, 2.24) is 5.32 Å². The molecule has 1 atom stereocenters. The van der Waals surface area contributed by atoms with Crippen molar-refractivity contribution < 1.29 is 4.39 Å². The van der Waals surface area contributed by atoms with Gasteiger partial charge in [-0.1, -0.05) is 18.5 Å². The maximum absolute atomic E-state index is 13.2. The van der Waals surface area contributed by atoms with Gasteiger partial charge < -0.3 is 5.32 Å². The summed E-state index contributed by atoms with van der Waals surface area (Å²) in [6, 6.07) is 7.25. The molecule has 0 saturated carbocycles. The van der Waals surface area contributed by atoms with Crippen LogP contribution < -0.4 is 5.32 Å².